The fourth-order valence-corrected chi connectivity index (χ4v) is 3.19. The van der Waals surface area contributed by atoms with Gasteiger partial charge in [0.2, 0.25) is 5.91 Å². The summed E-state index contributed by atoms with van der Waals surface area (Å²) in [5, 5.41) is 15.7. The van der Waals surface area contributed by atoms with E-state index in [-0.39, 0.29) is 11.6 Å². The minimum absolute atomic E-state index is 0.0116. The number of nitrogens with zero attached hydrogens (tertiary/aromatic N) is 2. The van der Waals surface area contributed by atoms with Crippen LogP contribution in [0.4, 0.5) is 10.8 Å². The van der Waals surface area contributed by atoms with E-state index in [1.807, 2.05) is 29.6 Å². The van der Waals surface area contributed by atoms with E-state index in [9.17, 15) is 14.9 Å². The highest BCUT2D eigenvalue weighted by Crippen LogP contribution is 2.25. The standard InChI is InChI=1S/C18H12IN3O3S/c19-14-6-4-13(5-7-14)16-11-26-18(20-16)21-17(23)10-3-12-1-8-15(9-2-12)22(24)25/h1-11H,(H,20,21,23). The van der Waals surface area contributed by atoms with Crippen molar-refractivity contribution < 1.29 is 9.72 Å². The number of nitro benzene ring substituents is 1. The molecule has 0 fully saturated rings. The molecule has 1 N–H and O–H groups in total. The Bertz CT molecular complexity index is 966. The number of aromatic nitrogens is 1. The molecule has 1 amide bonds. The SMILES string of the molecule is O=C(C=Cc1ccc([N+](=O)[O-])cc1)Nc1nc(-c2ccc(I)cc2)cs1. The summed E-state index contributed by atoms with van der Waals surface area (Å²) in [7, 11) is 0. The number of amides is 1. The molecule has 130 valence electrons. The number of benzene rings is 2. The lowest BCUT2D eigenvalue weighted by atomic mass is 10.2. The number of halogens is 1. The molecular formula is C18H12IN3O3S. The molecule has 0 atom stereocenters. The lowest BCUT2D eigenvalue weighted by Crippen LogP contribution is -2.07. The fraction of sp³-hybridized carbons (Fsp3) is 0. The van der Waals surface area contributed by atoms with Crippen LogP contribution in [0.25, 0.3) is 17.3 Å². The van der Waals surface area contributed by atoms with Gasteiger partial charge in [0.1, 0.15) is 0 Å². The third-order valence-electron chi connectivity index (χ3n) is 3.41. The van der Waals surface area contributed by atoms with E-state index < -0.39 is 4.92 Å². The monoisotopic (exact) mass is 477 g/mol. The maximum atomic E-state index is 12.0. The Morgan fingerprint density at radius 2 is 1.85 bits per heavy atom. The van der Waals surface area contributed by atoms with Crippen molar-refractivity contribution in [1.29, 1.82) is 0 Å². The molecule has 0 saturated carbocycles. The Morgan fingerprint density at radius 1 is 1.15 bits per heavy atom. The van der Waals surface area contributed by atoms with Gasteiger partial charge in [-0.2, -0.15) is 0 Å². The number of anilines is 1. The van der Waals surface area contributed by atoms with Gasteiger partial charge < -0.3 is 0 Å². The minimum Gasteiger partial charge on any atom is -0.298 e. The van der Waals surface area contributed by atoms with Crippen LogP contribution in [0.5, 0.6) is 0 Å². The summed E-state index contributed by atoms with van der Waals surface area (Å²) in [5.74, 6) is -0.313. The van der Waals surface area contributed by atoms with E-state index in [0.29, 0.717) is 10.7 Å². The molecule has 0 bridgehead atoms. The van der Waals surface area contributed by atoms with Crippen LogP contribution in [-0.4, -0.2) is 15.8 Å². The van der Waals surface area contributed by atoms with Crippen molar-refractivity contribution >= 4 is 56.7 Å². The first-order chi connectivity index (χ1) is 12.5. The Balaban J connectivity index is 1.63. The Labute approximate surface area is 166 Å². The second-order valence-electron chi connectivity index (χ2n) is 5.22. The van der Waals surface area contributed by atoms with Crippen molar-refractivity contribution in [2.75, 3.05) is 5.32 Å². The highest BCUT2D eigenvalue weighted by molar-refractivity contribution is 14.1. The van der Waals surface area contributed by atoms with Crippen LogP contribution in [0.1, 0.15) is 5.56 Å². The molecule has 3 aromatic rings. The summed E-state index contributed by atoms with van der Waals surface area (Å²) in [5.41, 5.74) is 2.51. The van der Waals surface area contributed by atoms with Crippen LogP contribution in [0.15, 0.2) is 60.0 Å². The number of hydrogen-bond acceptors (Lipinski definition) is 5. The van der Waals surface area contributed by atoms with Gasteiger partial charge in [0, 0.05) is 32.7 Å². The molecule has 1 aromatic heterocycles. The average Bonchev–Trinajstić information content (AvgIpc) is 3.09. The number of thiazole rings is 1. The van der Waals surface area contributed by atoms with Crippen molar-refractivity contribution in [3.63, 3.8) is 0 Å². The number of hydrogen-bond donors (Lipinski definition) is 1. The number of nitro groups is 1. The zero-order valence-corrected chi connectivity index (χ0v) is 16.2. The minimum atomic E-state index is -0.464. The van der Waals surface area contributed by atoms with E-state index in [2.05, 4.69) is 32.9 Å². The van der Waals surface area contributed by atoms with Crippen LogP contribution < -0.4 is 5.32 Å². The summed E-state index contributed by atoms with van der Waals surface area (Å²) in [6.45, 7) is 0. The Hall–Kier alpha value is -2.59. The molecule has 0 aliphatic carbocycles. The first-order valence-electron chi connectivity index (χ1n) is 7.46. The van der Waals surface area contributed by atoms with Crippen molar-refractivity contribution in [2.24, 2.45) is 0 Å². The lowest BCUT2D eigenvalue weighted by Gasteiger charge is -1.98. The summed E-state index contributed by atoms with van der Waals surface area (Å²) in [6.07, 6.45) is 2.96. The van der Waals surface area contributed by atoms with E-state index >= 15 is 0 Å². The zero-order valence-electron chi connectivity index (χ0n) is 13.3. The van der Waals surface area contributed by atoms with Crippen molar-refractivity contribution in [1.82, 2.24) is 4.98 Å². The quantitative estimate of drug-likeness (QED) is 0.243. The van der Waals surface area contributed by atoms with Gasteiger partial charge in [0.15, 0.2) is 5.13 Å². The van der Waals surface area contributed by atoms with Crippen LogP contribution in [0.3, 0.4) is 0 Å². The average molecular weight is 477 g/mol. The van der Waals surface area contributed by atoms with Crippen LogP contribution in [0, 0.1) is 13.7 Å². The third-order valence-corrected chi connectivity index (χ3v) is 4.88. The van der Waals surface area contributed by atoms with E-state index in [1.165, 1.54) is 29.5 Å². The summed E-state index contributed by atoms with van der Waals surface area (Å²) >= 11 is 3.59. The number of nitrogens with one attached hydrogen (secondary N) is 1. The topological polar surface area (TPSA) is 85.1 Å². The molecule has 2 aromatic carbocycles. The molecule has 0 spiro atoms. The molecule has 3 rings (SSSR count). The summed E-state index contributed by atoms with van der Waals surface area (Å²) in [4.78, 5) is 26.6. The molecule has 6 nitrogen and oxygen atoms in total. The molecule has 26 heavy (non-hydrogen) atoms. The fourth-order valence-electron chi connectivity index (χ4n) is 2.11. The predicted octanol–water partition coefficient (Wildman–Crippen LogP) is 4.97. The van der Waals surface area contributed by atoms with Gasteiger partial charge in [-0.3, -0.25) is 20.2 Å². The molecule has 0 radical (unpaired) electrons. The molecule has 1 heterocycles. The van der Waals surface area contributed by atoms with Crippen LogP contribution in [-0.2, 0) is 4.79 Å². The normalized spacial score (nSPS) is 10.8. The first kappa shape index (κ1) is 18.2. The van der Waals surface area contributed by atoms with E-state index in [4.69, 9.17) is 0 Å². The Morgan fingerprint density at radius 3 is 2.50 bits per heavy atom. The number of carbonyl (C=O) groups is 1. The highest BCUT2D eigenvalue weighted by atomic mass is 127. The van der Waals surface area contributed by atoms with Crippen molar-refractivity contribution in [2.45, 2.75) is 0 Å². The summed E-state index contributed by atoms with van der Waals surface area (Å²) in [6, 6.07) is 13.9. The maximum Gasteiger partial charge on any atom is 0.269 e. The largest absolute Gasteiger partial charge is 0.298 e. The second-order valence-corrected chi connectivity index (χ2v) is 7.32. The van der Waals surface area contributed by atoms with Gasteiger partial charge in [0.05, 0.1) is 10.6 Å². The Kier molecular flexibility index (Phi) is 5.74. The van der Waals surface area contributed by atoms with Gasteiger partial charge >= 0.3 is 0 Å². The molecule has 0 saturated heterocycles. The number of rotatable bonds is 5. The predicted molar refractivity (Wildman–Crippen MR) is 111 cm³/mol. The van der Waals surface area contributed by atoms with Gasteiger partial charge in [-0.15, -0.1) is 11.3 Å². The van der Waals surface area contributed by atoms with Crippen LogP contribution >= 0.6 is 33.9 Å². The lowest BCUT2D eigenvalue weighted by molar-refractivity contribution is -0.384. The zero-order chi connectivity index (χ0) is 18.5. The molecular weight excluding hydrogens is 465 g/mol. The van der Waals surface area contributed by atoms with Crippen LogP contribution in [0.2, 0.25) is 0 Å². The third kappa shape index (κ3) is 4.73. The van der Waals surface area contributed by atoms with Gasteiger partial charge in [0.25, 0.3) is 5.69 Å². The maximum absolute atomic E-state index is 12.0. The molecule has 0 unspecified atom stereocenters. The summed E-state index contributed by atoms with van der Waals surface area (Å²) < 4.78 is 1.14. The number of non-ortho nitro benzene ring substituents is 1. The smallest absolute Gasteiger partial charge is 0.269 e. The second kappa shape index (κ2) is 8.19. The molecule has 0 aliphatic rings. The molecule has 0 aliphatic heterocycles. The van der Waals surface area contributed by atoms with Crippen molar-refractivity contribution in [3.8, 4) is 11.3 Å². The number of carbonyl (C=O) groups excluding carboxylic acids is 1. The van der Waals surface area contributed by atoms with Gasteiger partial charge in [-0.25, -0.2) is 4.98 Å². The van der Waals surface area contributed by atoms with Crippen molar-refractivity contribution in [3.05, 3.63) is 79.2 Å². The van der Waals surface area contributed by atoms with Gasteiger partial charge in [-0.05, 0) is 58.5 Å². The highest BCUT2D eigenvalue weighted by Gasteiger charge is 2.07. The van der Waals surface area contributed by atoms with Gasteiger partial charge in [-0.1, -0.05) is 12.1 Å². The van der Waals surface area contributed by atoms with E-state index in [0.717, 1.165) is 14.8 Å². The molecule has 8 heteroatoms. The van der Waals surface area contributed by atoms with E-state index in [1.54, 1.807) is 18.2 Å². The first-order valence-corrected chi connectivity index (χ1v) is 9.42.